The van der Waals surface area contributed by atoms with Crippen LogP contribution in [0.1, 0.15) is 0 Å². The van der Waals surface area contributed by atoms with Crippen LogP contribution in [0.25, 0.3) is 0 Å². The highest BCUT2D eigenvalue weighted by Gasteiger charge is 2.23. The van der Waals surface area contributed by atoms with Gasteiger partial charge in [-0.1, -0.05) is 12.1 Å². The molecule has 0 aliphatic carbocycles. The molecular formula is C11H16N2O2. The molecular weight excluding hydrogens is 192 g/mol. The van der Waals surface area contributed by atoms with Crippen molar-refractivity contribution in [1.29, 1.82) is 0 Å². The molecule has 1 aliphatic rings. The summed E-state index contributed by atoms with van der Waals surface area (Å²) >= 11 is 0. The van der Waals surface area contributed by atoms with Crippen molar-refractivity contribution in [2.75, 3.05) is 37.0 Å². The number of hydrogen-bond acceptors (Lipinski definition) is 4. The molecule has 0 bridgehead atoms. The van der Waals surface area contributed by atoms with Crippen LogP contribution in [0.3, 0.4) is 0 Å². The van der Waals surface area contributed by atoms with E-state index in [0.29, 0.717) is 13.2 Å². The zero-order chi connectivity index (χ0) is 10.7. The van der Waals surface area contributed by atoms with Gasteiger partial charge in [-0.05, 0) is 12.1 Å². The van der Waals surface area contributed by atoms with Gasteiger partial charge in [0.05, 0.1) is 37.2 Å². The molecule has 0 radical (unpaired) electrons. The largest absolute Gasteiger partial charge is 0.397 e. The lowest BCUT2D eigenvalue weighted by Crippen LogP contribution is -2.47. The molecule has 1 aromatic carbocycles. The second kappa shape index (κ2) is 4.51. The van der Waals surface area contributed by atoms with Crippen molar-refractivity contribution >= 4 is 11.4 Å². The molecule has 2 rings (SSSR count). The van der Waals surface area contributed by atoms with Crippen LogP contribution in [-0.4, -0.2) is 37.5 Å². The van der Waals surface area contributed by atoms with Crippen LogP contribution in [0, 0.1) is 0 Å². The lowest BCUT2D eigenvalue weighted by atomic mass is 10.1. The summed E-state index contributed by atoms with van der Waals surface area (Å²) in [4.78, 5) is 2.11. The van der Waals surface area contributed by atoms with Gasteiger partial charge in [0.1, 0.15) is 0 Å². The van der Waals surface area contributed by atoms with Gasteiger partial charge < -0.3 is 20.5 Å². The number of aliphatic hydroxyl groups is 1. The van der Waals surface area contributed by atoms with Gasteiger partial charge in [-0.15, -0.1) is 0 Å². The lowest BCUT2D eigenvalue weighted by Gasteiger charge is -2.36. The third-order valence-corrected chi connectivity index (χ3v) is 2.68. The molecule has 4 nitrogen and oxygen atoms in total. The lowest BCUT2D eigenvalue weighted by molar-refractivity contribution is 0.0728. The standard InChI is InChI=1S/C11H16N2O2/c12-10-3-1-2-4-11(10)13-5-6-15-8-9(13)7-14/h1-4,9,14H,5-8,12H2. The maximum atomic E-state index is 9.25. The number of ether oxygens (including phenoxy) is 1. The Hall–Kier alpha value is -1.26. The summed E-state index contributed by atoms with van der Waals surface area (Å²) in [5.41, 5.74) is 7.64. The van der Waals surface area contributed by atoms with E-state index in [1.165, 1.54) is 0 Å². The molecule has 0 aromatic heterocycles. The van der Waals surface area contributed by atoms with E-state index in [9.17, 15) is 5.11 Å². The summed E-state index contributed by atoms with van der Waals surface area (Å²) in [6.45, 7) is 2.11. The van der Waals surface area contributed by atoms with Crippen LogP contribution in [0.2, 0.25) is 0 Å². The van der Waals surface area contributed by atoms with Crippen LogP contribution in [-0.2, 0) is 4.74 Å². The molecule has 1 saturated heterocycles. The van der Waals surface area contributed by atoms with Gasteiger partial charge in [-0.2, -0.15) is 0 Å². The SMILES string of the molecule is Nc1ccccc1N1CCOCC1CO. The van der Waals surface area contributed by atoms with Crippen LogP contribution in [0.4, 0.5) is 11.4 Å². The fourth-order valence-corrected chi connectivity index (χ4v) is 1.87. The quantitative estimate of drug-likeness (QED) is 0.693. The maximum Gasteiger partial charge on any atom is 0.0756 e. The highest BCUT2D eigenvalue weighted by Crippen LogP contribution is 2.25. The van der Waals surface area contributed by atoms with Gasteiger partial charge in [-0.3, -0.25) is 0 Å². The monoisotopic (exact) mass is 208 g/mol. The van der Waals surface area contributed by atoms with E-state index in [-0.39, 0.29) is 12.6 Å². The number of anilines is 2. The number of hydrogen-bond donors (Lipinski definition) is 2. The van der Waals surface area contributed by atoms with Crippen LogP contribution in [0.15, 0.2) is 24.3 Å². The fraction of sp³-hybridized carbons (Fsp3) is 0.455. The Morgan fingerprint density at radius 1 is 1.47 bits per heavy atom. The van der Waals surface area contributed by atoms with Gasteiger partial charge in [0, 0.05) is 6.54 Å². The van der Waals surface area contributed by atoms with Crippen molar-refractivity contribution in [3.8, 4) is 0 Å². The van der Waals surface area contributed by atoms with Crippen molar-refractivity contribution in [3.63, 3.8) is 0 Å². The van der Waals surface area contributed by atoms with Gasteiger partial charge in [0.25, 0.3) is 0 Å². The van der Waals surface area contributed by atoms with Crippen molar-refractivity contribution in [2.45, 2.75) is 6.04 Å². The predicted molar refractivity (Wildman–Crippen MR) is 59.9 cm³/mol. The number of benzene rings is 1. The number of aliphatic hydroxyl groups excluding tert-OH is 1. The first-order valence-electron chi connectivity index (χ1n) is 5.12. The Kier molecular flexibility index (Phi) is 3.08. The number of para-hydroxylation sites is 2. The topological polar surface area (TPSA) is 58.7 Å². The zero-order valence-corrected chi connectivity index (χ0v) is 8.60. The molecule has 0 saturated carbocycles. The second-order valence-electron chi connectivity index (χ2n) is 3.66. The van der Waals surface area contributed by atoms with Crippen molar-refractivity contribution in [1.82, 2.24) is 0 Å². The van der Waals surface area contributed by atoms with Gasteiger partial charge in [0.2, 0.25) is 0 Å². The minimum atomic E-state index is 0.0171. The molecule has 1 fully saturated rings. The maximum absolute atomic E-state index is 9.25. The molecule has 3 N–H and O–H groups in total. The Balaban J connectivity index is 2.24. The minimum absolute atomic E-state index is 0.0171. The first-order chi connectivity index (χ1) is 7.33. The fourth-order valence-electron chi connectivity index (χ4n) is 1.87. The van der Waals surface area contributed by atoms with Gasteiger partial charge in [-0.25, -0.2) is 0 Å². The number of nitrogen functional groups attached to an aromatic ring is 1. The number of nitrogens with two attached hydrogens (primary N) is 1. The molecule has 82 valence electrons. The number of morpholine rings is 1. The summed E-state index contributed by atoms with van der Waals surface area (Å²) in [6.07, 6.45) is 0. The molecule has 4 heteroatoms. The molecule has 0 amide bonds. The van der Waals surface area contributed by atoms with Gasteiger partial charge >= 0.3 is 0 Å². The van der Waals surface area contributed by atoms with E-state index in [4.69, 9.17) is 10.5 Å². The Bertz CT molecular complexity index is 330. The van der Waals surface area contributed by atoms with Crippen LogP contribution >= 0.6 is 0 Å². The molecule has 15 heavy (non-hydrogen) atoms. The molecule has 1 aromatic rings. The third-order valence-electron chi connectivity index (χ3n) is 2.68. The van der Waals surface area contributed by atoms with Crippen LogP contribution < -0.4 is 10.6 Å². The highest BCUT2D eigenvalue weighted by atomic mass is 16.5. The molecule has 0 spiro atoms. The van der Waals surface area contributed by atoms with E-state index >= 15 is 0 Å². The zero-order valence-electron chi connectivity index (χ0n) is 8.60. The van der Waals surface area contributed by atoms with E-state index in [1.807, 2.05) is 24.3 Å². The Labute approximate surface area is 89.3 Å². The van der Waals surface area contributed by atoms with Crippen molar-refractivity contribution < 1.29 is 9.84 Å². The predicted octanol–water partition coefficient (Wildman–Crippen LogP) is 0.466. The third kappa shape index (κ3) is 2.06. The molecule has 1 unspecified atom stereocenters. The highest BCUT2D eigenvalue weighted by molar-refractivity contribution is 5.67. The molecule has 1 aliphatic heterocycles. The normalized spacial score (nSPS) is 21.7. The number of rotatable bonds is 2. The van der Waals surface area contributed by atoms with E-state index < -0.39 is 0 Å². The van der Waals surface area contributed by atoms with Gasteiger partial charge in [0.15, 0.2) is 0 Å². The van der Waals surface area contributed by atoms with E-state index in [0.717, 1.165) is 17.9 Å². The summed E-state index contributed by atoms with van der Waals surface area (Å²) < 4.78 is 5.32. The van der Waals surface area contributed by atoms with E-state index in [1.54, 1.807) is 0 Å². The Morgan fingerprint density at radius 3 is 3.00 bits per heavy atom. The van der Waals surface area contributed by atoms with Crippen LogP contribution in [0.5, 0.6) is 0 Å². The minimum Gasteiger partial charge on any atom is -0.397 e. The average Bonchev–Trinajstić information content (AvgIpc) is 2.30. The smallest absolute Gasteiger partial charge is 0.0756 e. The summed E-state index contributed by atoms with van der Waals surface area (Å²) in [7, 11) is 0. The number of nitrogens with zero attached hydrogens (tertiary/aromatic N) is 1. The van der Waals surface area contributed by atoms with Crippen molar-refractivity contribution in [3.05, 3.63) is 24.3 Å². The summed E-state index contributed by atoms with van der Waals surface area (Å²) in [5.74, 6) is 0. The molecule has 1 heterocycles. The first kappa shape index (κ1) is 10.3. The molecule has 1 atom stereocenters. The average molecular weight is 208 g/mol. The van der Waals surface area contributed by atoms with Crippen molar-refractivity contribution in [2.24, 2.45) is 0 Å². The summed E-state index contributed by atoms with van der Waals surface area (Å²) in [6, 6.07) is 7.73. The first-order valence-corrected chi connectivity index (χ1v) is 5.12. The van der Waals surface area contributed by atoms with E-state index in [2.05, 4.69) is 4.90 Å². The Morgan fingerprint density at radius 2 is 2.27 bits per heavy atom. The second-order valence-corrected chi connectivity index (χ2v) is 3.66. The summed E-state index contributed by atoms with van der Waals surface area (Å²) in [5, 5.41) is 9.25.